The smallest absolute Gasteiger partial charge is 0.210 e. The Labute approximate surface area is 208 Å². The van der Waals surface area contributed by atoms with Crippen LogP contribution in [-0.2, 0) is 6.61 Å². The summed E-state index contributed by atoms with van der Waals surface area (Å²) in [7, 11) is 0. The number of hydrogen-bond acceptors (Lipinski definition) is 9. The van der Waals surface area contributed by atoms with Crippen LogP contribution in [0.15, 0.2) is 72.9 Å². The number of pyridine rings is 1. The fourth-order valence-electron chi connectivity index (χ4n) is 4.02. The minimum Gasteiger partial charge on any atom is -0.488 e. The Kier molecular flexibility index (Phi) is 7.47. The minimum atomic E-state index is 0.203. The quantitative estimate of drug-likeness (QED) is 0.365. The number of aromatic nitrogens is 3. The van der Waals surface area contributed by atoms with E-state index in [1.165, 1.54) is 11.3 Å². The highest BCUT2D eigenvalue weighted by molar-refractivity contribution is 7.18. The van der Waals surface area contributed by atoms with E-state index in [-0.39, 0.29) is 6.61 Å². The number of benzene rings is 2. The van der Waals surface area contributed by atoms with Gasteiger partial charge >= 0.3 is 0 Å². The summed E-state index contributed by atoms with van der Waals surface area (Å²) >= 11 is 1.49. The average Bonchev–Trinajstić information content (AvgIpc) is 3.37. The molecule has 3 heterocycles. The molecular weight excluding hydrogens is 460 g/mol. The number of hydrogen-bond donors (Lipinski definition) is 2. The molecule has 0 amide bonds. The van der Waals surface area contributed by atoms with Crippen LogP contribution >= 0.6 is 11.3 Å². The van der Waals surface area contributed by atoms with Gasteiger partial charge in [0.05, 0.1) is 12.2 Å². The van der Waals surface area contributed by atoms with Crippen LogP contribution in [0.5, 0.6) is 5.75 Å². The van der Waals surface area contributed by atoms with Crippen molar-refractivity contribution >= 4 is 28.0 Å². The Morgan fingerprint density at radius 3 is 2.57 bits per heavy atom. The van der Waals surface area contributed by atoms with Crippen molar-refractivity contribution in [1.29, 1.82) is 0 Å². The van der Waals surface area contributed by atoms with Crippen LogP contribution in [0.1, 0.15) is 5.56 Å². The first-order valence-electron chi connectivity index (χ1n) is 11.7. The zero-order chi connectivity index (χ0) is 23.9. The average molecular weight is 489 g/mol. The molecule has 2 aromatic carbocycles. The minimum absolute atomic E-state index is 0.203. The number of β-amino-alcohol motifs (C(OH)–C–C–N with tert-alkyl or cyclic N) is 1. The molecule has 1 aliphatic heterocycles. The van der Waals surface area contributed by atoms with E-state index in [0.717, 1.165) is 71.2 Å². The Bertz CT molecular complexity index is 1230. The van der Waals surface area contributed by atoms with E-state index in [9.17, 15) is 0 Å². The highest BCUT2D eigenvalue weighted by atomic mass is 32.1. The molecule has 0 aliphatic carbocycles. The van der Waals surface area contributed by atoms with Gasteiger partial charge in [0.2, 0.25) is 5.13 Å². The van der Waals surface area contributed by atoms with Gasteiger partial charge in [-0.15, -0.1) is 10.2 Å². The van der Waals surface area contributed by atoms with Crippen LogP contribution < -0.4 is 15.0 Å². The molecule has 8 nitrogen and oxygen atoms in total. The van der Waals surface area contributed by atoms with Gasteiger partial charge in [-0.25, -0.2) is 4.98 Å². The Balaban J connectivity index is 1.24. The lowest BCUT2D eigenvalue weighted by molar-refractivity contribution is 0.188. The molecule has 0 bridgehead atoms. The first kappa shape index (κ1) is 23.2. The Morgan fingerprint density at radius 1 is 0.943 bits per heavy atom. The fraction of sp³-hybridized carbons (Fsp3) is 0.269. The molecule has 180 valence electrons. The molecule has 0 radical (unpaired) electrons. The summed E-state index contributed by atoms with van der Waals surface area (Å²) in [4.78, 5) is 9.13. The van der Waals surface area contributed by atoms with Gasteiger partial charge in [0.25, 0.3) is 0 Å². The lowest BCUT2D eigenvalue weighted by atomic mass is 10.2. The van der Waals surface area contributed by atoms with E-state index < -0.39 is 0 Å². The molecule has 4 aromatic rings. The van der Waals surface area contributed by atoms with Crippen LogP contribution in [0.2, 0.25) is 0 Å². The second-order valence-electron chi connectivity index (χ2n) is 8.26. The fourth-order valence-corrected chi connectivity index (χ4v) is 4.82. The van der Waals surface area contributed by atoms with Crippen molar-refractivity contribution in [2.45, 2.75) is 6.61 Å². The van der Waals surface area contributed by atoms with Gasteiger partial charge in [0.15, 0.2) is 5.01 Å². The summed E-state index contributed by atoms with van der Waals surface area (Å²) in [5.41, 5.74) is 2.95. The standard InChI is InChI=1S/C26H28N6O2S/c33-17-16-31-12-14-32(15-13-31)24-18-20(10-11-27-24)19-34-23-9-5-4-8-22(23)25-29-30-26(35-25)28-21-6-2-1-3-7-21/h1-11,18,33H,12-17,19H2,(H,28,30). The van der Waals surface area contributed by atoms with Gasteiger partial charge in [-0.2, -0.15) is 0 Å². The Hall–Kier alpha value is -3.53. The van der Waals surface area contributed by atoms with E-state index >= 15 is 0 Å². The van der Waals surface area contributed by atoms with Crippen LogP contribution in [0, 0.1) is 0 Å². The number of para-hydroxylation sites is 2. The molecular formula is C26H28N6O2S. The third-order valence-electron chi connectivity index (χ3n) is 5.88. The second-order valence-corrected chi connectivity index (χ2v) is 9.24. The van der Waals surface area contributed by atoms with E-state index in [1.54, 1.807) is 0 Å². The number of piperazine rings is 1. The molecule has 2 aromatic heterocycles. The summed E-state index contributed by atoms with van der Waals surface area (Å²) < 4.78 is 6.23. The Morgan fingerprint density at radius 2 is 1.74 bits per heavy atom. The highest BCUT2D eigenvalue weighted by Crippen LogP contribution is 2.34. The molecule has 1 saturated heterocycles. The maximum atomic E-state index is 9.15. The third kappa shape index (κ3) is 5.94. The number of aliphatic hydroxyl groups excluding tert-OH is 1. The third-order valence-corrected chi connectivity index (χ3v) is 6.76. The lowest BCUT2D eigenvalue weighted by Gasteiger charge is -2.35. The van der Waals surface area contributed by atoms with Gasteiger partial charge in [-0.1, -0.05) is 41.7 Å². The number of anilines is 3. The predicted molar refractivity (Wildman–Crippen MR) is 139 cm³/mol. The second kappa shape index (κ2) is 11.3. The van der Waals surface area contributed by atoms with Crippen molar-refractivity contribution in [1.82, 2.24) is 20.1 Å². The number of ether oxygens (including phenoxy) is 1. The molecule has 35 heavy (non-hydrogen) atoms. The first-order valence-corrected chi connectivity index (χ1v) is 12.5. The highest BCUT2D eigenvalue weighted by Gasteiger charge is 2.18. The van der Waals surface area contributed by atoms with Crippen LogP contribution in [0.25, 0.3) is 10.6 Å². The maximum Gasteiger partial charge on any atom is 0.210 e. The molecule has 0 saturated carbocycles. The van der Waals surface area contributed by atoms with E-state index in [4.69, 9.17) is 9.84 Å². The number of aliphatic hydroxyl groups is 1. The predicted octanol–water partition coefficient (Wildman–Crippen LogP) is 4.04. The van der Waals surface area contributed by atoms with Crippen molar-refractivity contribution in [3.05, 3.63) is 78.5 Å². The van der Waals surface area contributed by atoms with E-state index in [0.29, 0.717) is 6.61 Å². The van der Waals surface area contributed by atoms with Gasteiger partial charge in [-0.05, 0) is 42.0 Å². The SMILES string of the molecule is OCCN1CCN(c2cc(COc3ccccc3-c3nnc(Nc4ccccc4)s3)ccn2)CC1. The van der Waals surface area contributed by atoms with Gasteiger partial charge in [0.1, 0.15) is 18.2 Å². The number of rotatable bonds is 9. The van der Waals surface area contributed by atoms with Gasteiger partial charge in [0, 0.05) is 44.6 Å². The molecule has 9 heteroatoms. The largest absolute Gasteiger partial charge is 0.488 e. The van der Waals surface area contributed by atoms with Crippen LogP contribution in [0.4, 0.5) is 16.6 Å². The van der Waals surface area contributed by atoms with Crippen molar-refractivity contribution in [2.24, 2.45) is 0 Å². The molecule has 0 atom stereocenters. The summed E-state index contributed by atoms with van der Waals surface area (Å²) in [6.45, 7) is 5.03. The first-order chi connectivity index (χ1) is 17.3. The molecule has 0 unspecified atom stereocenters. The molecule has 2 N–H and O–H groups in total. The number of nitrogens with one attached hydrogen (secondary N) is 1. The van der Waals surface area contributed by atoms with Gasteiger partial charge < -0.3 is 20.1 Å². The molecule has 0 spiro atoms. The monoisotopic (exact) mass is 488 g/mol. The van der Waals surface area contributed by atoms with Crippen LogP contribution in [0.3, 0.4) is 0 Å². The van der Waals surface area contributed by atoms with Crippen molar-refractivity contribution < 1.29 is 9.84 Å². The lowest BCUT2D eigenvalue weighted by Crippen LogP contribution is -2.47. The molecule has 5 rings (SSSR count). The topological polar surface area (TPSA) is 86.6 Å². The normalized spacial score (nSPS) is 14.1. The summed E-state index contributed by atoms with van der Waals surface area (Å²) in [5, 5.41) is 22.7. The molecule has 1 aliphatic rings. The summed E-state index contributed by atoms with van der Waals surface area (Å²) in [6, 6.07) is 21.9. The number of nitrogens with zero attached hydrogens (tertiary/aromatic N) is 5. The summed E-state index contributed by atoms with van der Waals surface area (Å²) in [5.74, 6) is 1.73. The molecule has 1 fully saturated rings. The zero-order valence-corrected chi connectivity index (χ0v) is 20.2. The van der Waals surface area contributed by atoms with Crippen molar-refractivity contribution in [3.63, 3.8) is 0 Å². The van der Waals surface area contributed by atoms with Crippen LogP contribution in [-0.4, -0.2) is 64.5 Å². The summed E-state index contributed by atoms with van der Waals surface area (Å²) in [6.07, 6.45) is 1.84. The van der Waals surface area contributed by atoms with Crippen molar-refractivity contribution in [3.8, 4) is 16.3 Å². The van der Waals surface area contributed by atoms with Crippen molar-refractivity contribution in [2.75, 3.05) is 49.5 Å². The maximum absolute atomic E-state index is 9.15. The van der Waals surface area contributed by atoms with E-state index in [2.05, 4.69) is 36.4 Å². The van der Waals surface area contributed by atoms with Gasteiger partial charge in [-0.3, -0.25) is 4.90 Å². The zero-order valence-electron chi connectivity index (χ0n) is 19.4. The van der Waals surface area contributed by atoms with E-state index in [1.807, 2.05) is 66.9 Å².